The second kappa shape index (κ2) is 8.56. The molecular weight excluding hydrogens is 358 g/mol. The lowest BCUT2D eigenvalue weighted by atomic mass is 9.93. The third-order valence-electron chi connectivity index (χ3n) is 4.21. The van der Waals surface area contributed by atoms with Gasteiger partial charge in [-0.05, 0) is 30.2 Å². The molecule has 0 saturated heterocycles. The molecule has 0 amide bonds. The number of ether oxygens (including phenoxy) is 1. The lowest BCUT2D eigenvalue weighted by Gasteiger charge is -2.26. The number of guanidine groups is 1. The summed E-state index contributed by atoms with van der Waals surface area (Å²) in [5, 5.41) is 16.7. The van der Waals surface area contributed by atoms with Gasteiger partial charge in [-0.25, -0.2) is 0 Å². The molecule has 2 atom stereocenters. The second-order valence-electron chi connectivity index (χ2n) is 5.86. The van der Waals surface area contributed by atoms with Crippen molar-refractivity contribution in [1.82, 2.24) is 10.6 Å². The van der Waals surface area contributed by atoms with E-state index in [2.05, 4.69) is 21.7 Å². The highest BCUT2D eigenvalue weighted by molar-refractivity contribution is 7.16. The average molecular weight is 380 g/mol. The summed E-state index contributed by atoms with van der Waals surface area (Å²) in [5.41, 5.74) is 1.23. The first-order valence-electron chi connectivity index (χ1n) is 8.27. The average Bonchev–Trinajstić information content (AvgIpc) is 3.08. The molecule has 7 heteroatoms. The van der Waals surface area contributed by atoms with Crippen molar-refractivity contribution >= 4 is 28.9 Å². The number of hydrogen-bond acceptors (Lipinski definition) is 4. The molecule has 5 nitrogen and oxygen atoms in total. The summed E-state index contributed by atoms with van der Waals surface area (Å²) in [6.07, 6.45) is 0.358. The minimum atomic E-state index is -0.611. The number of fused-ring (bicyclic) bond motifs is 1. The predicted molar refractivity (Wildman–Crippen MR) is 103 cm³/mol. The Bertz CT molecular complexity index is 735. The molecule has 2 unspecified atom stereocenters. The van der Waals surface area contributed by atoms with Crippen LogP contribution in [-0.2, 0) is 0 Å². The first-order valence-corrected chi connectivity index (χ1v) is 9.46. The van der Waals surface area contributed by atoms with Gasteiger partial charge in [0.2, 0.25) is 0 Å². The highest BCUT2D eigenvalue weighted by atomic mass is 35.5. The second-order valence-corrected chi connectivity index (χ2v) is 7.61. The number of thiophene rings is 1. The summed E-state index contributed by atoms with van der Waals surface area (Å²) in [5.74, 6) is 2.02. The maximum atomic E-state index is 10.2. The molecule has 3 N–H and O–H groups in total. The largest absolute Gasteiger partial charge is 0.493 e. The normalized spacial score (nSPS) is 18.2. The Kier molecular flexibility index (Phi) is 6.18. The Morgan fingerprint density at radius 3 is 2.96 bits per heavy atom. The number of halogens is 1. The van der Waals surface area contributed by atoms with Crippen LogP contribution in [0.3, 0.4) is 0 Å². The van der Waals surface area contributed by atoms with E-state index in [0.717, 1.165) is 30.2 Å². The third kappa shape index (κ3) is 4.66. The fourth-order valence-corrected chi connectivity index (χ4v) is 3.92. The topological polar surface area (TPSA) is 65.9 Å². The molecule has 2 aromatic rings. The van der Waals surface area contributed by atoms with Gasteiger partial charge in [0.25, 0.3) is 0 Å². The monoisotopic (exact) mass is 379 g/mol. The molecule has 1 aliphatic rings. The van der Waals surface area contributed by atoms with E-state index in [-0.39, 0.29) is 0 Å². The van der Waals surface area contributed by atoms with Crippen LogP contribution in [0, 0.1) is 0 Å². The SMILES string of the molecule is CN=C(NCC(O)c1ccc(Cl)s1)NCC1CCOc2ccccc21. The van der Waals surface area contributed by atoms with Crippen LogP contribution >= 0.6 is 22.9 Å². The molecule has 25 heavy (non-hydrogen) atoms. The van der Waals surface area contributed by atoms with Crippen molar-refractivity contribution < 1.29 is 9.84 Å². The first-order chi connectivity index (χ1) is 12.2. The zero-order chi connectivity index (χ0) is 17.6. The zero-order valence-corrected chi connectivity index (χ0v) is 15.6. The Morgan fingerprint density at radius 2 is 2.20 bits per heavy atom. The summed E-state index contributed by atoms with van der Waals surface area (Å²) in [6, 6.07) is 11.8. The molecule has 0 saturated carbocycles. The standard InChI is InChI=1S/C18H22ClN3O2S/c1-20-18(22-11-14(23)16-6-7-17(19)25-16)21-10-12-8-9-24-15-5-3-2-4-13(12)15/h2-7,12,14,23H,8-11H2,1H3,(H2,20,21,22). The Balaban J connectivity index is 1.52. The van der Waals surface area contributed by atoms with Crippen molar-refractivity contribution in [2.24, 2.45) is 4.99 Å². The molecule has 0 fully saturated rings. The number of hydrogen-bond donors (Lipinski definition) is 3. The summed E-state index contributed by atoms with van der Waals surface area (Å²) in [7, 11) is 1.72. The number of rotatable bonds is 5. The van der Waals surface area contributed by atoms with Gasteiger partial charge in [-0.2, -0.15) is 0 Å². The van der Waals surface area contributed by atoms with E-state index < -0.39 is 6.10 Å². The summed E-state index contributed by atoms with van der Waals surface area (Å²) in [6.45, 7) is 1.87. The van der Waals surface area contributed by atoms with Crippen molar-refractivity contribution in [2.45, 2.75) is 18.4 Å². The van der Waals surface area contributed by atoms with Crippen LogP contribution in [0.1, 0.15) is 28.9 Å². The van der Waals surface area contributed by atoms with Crippen LogP contribution in [0.5, 0.6) is 5.75 Å². The Labute approximate surface area is 156 Å². The number of aliphatic hydroxyl groups excluding tert-OH is 1. The third-order valence-corrected chi connectivity index (χ3v) is 5.54. The molecular formula is C18H22ClN3O2S. The Morgan fingerprint density at radius 1 is 1.36 bits per heavy atom. The van der Waals surface area contributed by atoms with Gasteiger partial charge in [0.05, 0.1) is 10.9 Å². The van der Waals surface area contributed by atoms with Gasteiger partial charge in [0, 0.05) is 30.9 Å². The lowest BCUT2D eigenvalue weighted by molar-refractivity contribution is 0.184. The van der Waals surface area contributed by atoms with Gasteiger partial charge < -0.3 is 20.5 Å². The van der Waals surface area contributed by atoms with E-state index >= 15 is 0 Å². The van der Waals surface area contributed by atoms with Crippen LogP contribution in [0.25, 0.3) is 0 Å². The van der Waals surface area contributed by atoms with Crippen molar-refractivity contribution in [3.63, 3.8) is 0 Å². The van der Waals surface area contributed by atoms with Crippen LogP contribution in [0.4, 0.5) is 0 Å². The van der Waals surface area contributed by atoms with E-state index in [9.17, 15) is 5.11 Å². The first kappa shape index (κ1) is 18.0. The summed E-state index contributed by atoms with van der Waals surface area (Å²) < 4.78 is 6.38. The van der Waals surface area contributed by atoms with E-state index in [1.54, 1.807) is 13.1 Å². The molecule has 1 aromatic carbocycles. The maximum Gasteiger partial charge on any atom is 0.191 e. The number of nitrogens with one attached hydrogen (secondary N) is 2. The van der Waals surface area contributed by atoms with E-state index in [1.807, 2.05) is 24.3 Å². The molecule has 2 heterocycles. The van der Waals surface area contributed by atoms with Crippen molar-refractivity contribution in [1.29, 1.82) is 0 Å². The molecule has 134 valence electrons. The van der Waals surface area contributed by atoms with Crippen LogP contribution in [-0.4, -0.2) is 37.8 Å². The highest BCUT2D eigenvalue weighted by Crippen LogP contribution is 2.32. The molecule has 1 aliphatic heterocycles. The smallest absolute Gasteiger partial charge is 0.191 e. The van der Waals surface area contributed by atoms with Crippen molar-refractivity contribution in [3.8, 4) is 5.75 Å². The van der Waals surface area contributed by atoms with E-state index in [4.69, 9.17) is 16.3 Å². The fourth-order valence-electron chi connectivity index (χ4n) is 2.87. The molecule has 0 aliphatic carbocycles. The van der Waals surface area contributed by atoms with Crippen LogP contribution < -0.4 is 15.4 Å². The molecule has 3 rings (SSSR count). The van der Waals surface area contributed by atoms with Crippen molar-refractivity contribution in [2.75, 3.05) is 26.7 Å². The van der Waals surface area contributed by atoms with Gasteiger partial charge in [0.1, 0.15) is 11.9 Å². The molecule has 0 bridgehead atoms. The number of nitrogens with zero attached hydrogens (tertiary/aromatic N) is 1. The zero-order valence-electron chi connectivity index (χ0n) is 14.0. The predicted octanol–water partition coefficient (Wildman–Crippen LogP) is 3.17. The number of benzene rings is 1. The Hall–Kier alpha value is -1.76. The van der Waals surface area contributed by atoms with E-state index in [0.29, 0.717) is 22.8 Å². The highest BCUT2D eigenvalue weighted by Gasteiger charge is 2.21. The summed E-state index contributed by atoms with van der Waals surface area (Å²) in [4.78, 5) is 5.07. The van der Waals surface area contributed by atoms with Gasteiger partial charge >= 0.3 is 0 Å². The number of aliphatic imine (C=N–C) groups is 1. The van der Waals surface area contributed by atoms with Gasteiger partial charge in [-0.15, -0.1) is 11.3 Å². The van der Waals surface area contributed by atoms with Gasteiger partial charge in [-0.1, -0.05) is 29.8 Å². The minimum absolute atomic E-state index is 0.376. The minimum Gasteiger partial charge on any atom is -0.493 e. The molecule has 0 radical (unpaired) electrons. The number of para-hydroxylation sites is 1. The lowest BCUT2D eigenvalue weighted by Crippen LogP contribution is -2.41. The van der Waals surface area contributed by atoms with Crippen LogP contribution in [0.2, 0.25) is 4.34 Å². The maximum absolute atomic E-state index is 10.2. The van der Waals surface area contributed by atoms with E-state index in [1.165, 1.54) is 16.9 Å². The van der Waals surface area contributed by atoms with Gasteiger partial charge in [-0.3, -0.25) is 4.99 Å². The van der Waals surface area contributed by atoms with Gasteiger partial charge in [0.15, 0.2) is 5.96 Å². The fraction of sp³-hybridized carbons (Fsp3) is 0.389. The van der Waals surface area contributed by atoms with Crippen LogP contribution in [0.15, 0.2) is 41.4 Å². The molecule has 1 aromatic heterocycles. The summed E-state index contributed by atoms with van der Waals surface area (Å²) >= 11 is 7.30. The quantitative estimate of drug-likeness (QED) is 0.551. The van der Waals surface area contributed by atoms with Crippen molar-refractivity contribution in [3.05, 3.63) is 51.2 Å². The molecule has 0 spiro atoms. The number of aliphatic hydroxyl groups is 1.